The first-order valence-electron chi connectivity index (χ1n) is 2.80. The Kier molecular flexibility index (Phi) is 1.68. The van der Waals surface area contributed by atoms with E-state index in [0.29, 0.717) is 13.2 Å². The lowest BCUT2D eigenvalue weighted by molar-refractivity contribution is -0.209. The highest BCUT2D eigenvalue weighted by molar-refractivity contribution is 4.68. The molecule has 0 spiro atoms. The smallest absolute Gasteiger partial charge is 0.327 e. The summed E-state index contributed by atoms with van der Waals surface area (Å²) in [6, 6.07) is -2.75. The quantitative estimate of drug-likeness (QED) is 0.452. The first-order valence-corrected chi connectivity index (χ1v) is 2.80. The zero-order chi connectivity index (χ0) is 6.91. The normalized spacial score (nSPS) is 28.3. The Morgan fingerprint density at radius 1 is 1.56 bits per heavy atom. The van der Waals surface area contributed by atoms with Crippen molar-refractivity contribution in [2.45, 2.75) is 6.05 Å². The zero-order valence-electron chi connectivity index (χ0n) is 5.23. The molecular weight excluding hydrogens is 128 g/mol. The molecule has 1 aliphatic heterocycles. The van der Waals surface area contributed by atoms with Gasteiger partial charge in [0.05, 0.1) is 6.61 Å². The molecule has 0 saturated carbocycles. The number of hydrogen-bond acceptors (Lipinski definition) is 2. The van der Waals surface area contributed by atoms with Gasteiger partial charge in [-0.25, -0.2) is 4.90 Å². The molecule has 1 fully saturated rings. The molecule has 2 nitrogen and oxygen atoms in total. The largest absolute Gasteiger partial charge is 0.372 e. The minimum atomic E-state index is -2.75. The Bertz CT molecular complexity index is 107. The predicted octanol–water partition coefficient (Wildman–Crippen LogP) is 0.541. The molecule has 1 aliphatic rings. The predicted molar refractivity (Wildman–Crippen MR) is 28.4 cm³/mol. The Morgan fingerprint density at radius 2 is 2.22 bits per heavy atom. The summed E-state index contributed by atoms with van der Waals surface area (Å²) in [5.74, 6) is 0. The molecule has 0 amide bonds. The van der Waals surface area contributed by atoms with Crippen LogP contribution in [0.15, 0.2) is 0 Å². The van der Waals surface area contributed by atoms with Crippen LogP contribution in [-0.4, -0.2) is 37.8 Å². The lowest BCUT2D eigenvalue weighted by Crippen LogP contribution is -2.48. The number of halogens is 2. The van der Waals surface area contributed by atoms with E-state index < -0.39 is 12.7 Å². The van der Waals surface area contributed by atoms with Crippen LogP contribution in [0.4, 0.5) is 8.78 Å². The number of rotatable bonds is 0. The molecule has 0 aromatic heterocycles. The SMILES string of the molecule is CN1CCOCC1(F)F. The van der Waals surface area contributed by atoms with E-state index in [4.69, 9.17) is 0 Å². The molecule has 9 heavy (non-hydrogen) atoms. The van der Waals surface area contributed by atoms with Crippen molar-refractivity contribution < 1.29 is 13.5 Å². The van der Waals surface area contributed by atoms with E-state index >= 15 is 0 Å². The second kappa shape index (κ2) is 2.19. The third kappa shape index (κ3) is 1.37. The van der Waals surface area contributed by atoms with Gasteiger partial charge >= 0.3 is 6.05 Å². The molecule has 0 aromatic rings. The van der Waals surface area contributed by atoms with E-state index in [1.165, 1.54) is 7.05 Å². The van der Waals surface area contributed by atoms with Crippen molar-refractivity contribution in [3.63, 3.8) is 0 Å². The van der Waals surface area contributed by atoms with Crippen LogP contribution in [-0.2, 0) is 4.74 Å². The van der Waals surface area contributed by atoms with Gasteiger partial charge in [-0.2, -0.15) is 8.78 Å². The molecule has 0 aliphatic carbocycles. The van der Waals surface area contributed by atoms with Crippen molar-refractivity contribution in [2.24, 2.45) is 0 Å². The molecule has 0 radical (unpaired) electrons. The summed E-state index contributed by atoms with van der Waals surface area (Å²) >= 11 is 0. The first-order chi connectivity index (χ1) is 4.13. The van der Waals surface area contributed by atoms with Crippen LogP contribution in [0.25, 0.3) is 0 Å². The Labute approximate surface area is 52.4 Å². The fraction of sp³-hybridized carbons (Fsp3) is 1.00. The Balaban J connectivity index is 2.49. The van der Waals surface area contributed by atoms with Crippen LogP contribution in [0.1, 0.15) is 0 Å². The van der Waals surface area contributed by atoms with Gasteiger partial charge in [0.1, 0.15) is 6.61 Å². The summed E-state index contributed by atoms with van der Waals surface area (Å²) in [6.45, 7) is 0.253. The van der Waals surface area contributed by atoms with Gasteiger partial charge in [-0.05, 0) is 7.05 Å². The number of morpholine rings is 1. The molecule has 1 saturated heterocycles. The number of alkyl halides is 2. The summed E-state index contributed by atoms with van der Waals surface area (Å²) in [5, 5.41) is 0. The van der Waals surface area contributed by atoms with Gasteiger partial charge in [-0.1, -0.05) is 0 Å². The molecule has 1 heterocycles. The van der Waals surface area contributed by atoms with Gasteiger partial charge in [-0.3, -0.25) is 0 Å². The fourth-order valence-electron chi connectivity index (χ4n) is 0.670. The highest BCUT2D eigenvalue weighted by atomic mass is 19.3. The highest BCUT2D eigenvalue weighted by Crippen LogP contribution is 2.20. The van der Waals surface area contributed by atoms with Crippen LogP contribution in [0.5, 0.6) is 0 Å². The average Bonchev–Trinajstić information content (AvgIpc) is 1.77. The minimum absolute atomic E-state index is 0.312. The maximum absolute atomic E-state index is 12.4. The second-order valence-electron chi connectivity index (χ2n) is 2.14. The topological polar surface area (TPSA) is 12.5 Å². The van der Waals surface area contributed by atoms with Crippen molar-refractivity contribution in [3.8, 4) is 0 Å². The zero-order valence-corrected chi connectivity index (χ0v) is 5.23. The molecule has 0 N–H and O–H groups in total. The van der Waals surface area contributed by atoms with Crippen molar-refractivity contribution in [3.05, 3.63) is 0 Å². The average molecular weight is 137 g/mol. The second-order valence-corrected chi connectivity index (χ2v) is 2.14. The monoisotopic (exact) mass is 137 g/mol. The van der Waals surface area contributed by atoms with Crippen LogP contribution in [0, 0.1) is 0 Å². The molecule has 0 atom stereocenters. The number of ether oxygens (including phenoxy) is 1. The standard InChI is InChI=1S/C5H9F2NO/c1-8-2-3-9-4-5(8,6)7/h2-4H2,1H3. The lowest BCUT2D eigenvalue weighted by Gasteiger charge is -2.31. The third-order valence-electron chi connectivity index (χ3n) is 1.41. The van der Waals surface area contributed by atoms with Crippen molar-refractivity contribution in [1.29, 1.82) is 0 Å². The van der Waals surface area contributed by atoms with E-state index in [1.54, 1.807) is 0 Å². The van der Waals surface area contributed by atoms with Crippen LogP contribution >= 0.6 is 0 Å². The molecule has 54 valence electrons. The van der Waals surface area contributed by atoms with E-state index in [0.717, 1.165) is 4.90 Å². The molecule has 0 unspecified atom stereocenters. The summed E-state index contributed by atoms with van der Waals surface area (Å²) in [6.07, 6.45) is 0. The summed E-state index contributed by atoms with van der Waals surface area (Å²) in [4.78, 5) is 0.997. The molecular formula is C5H9F2NO. The molecule has 0 aromatic carbocycles. The van der Waals surface area contributed by atoms with E-state index in [-0.39, 0.29) is 0 Å². The maximum Gasteiger partial charge on any atom is 0.327 e. The highest BCUT2D eigenvalue weighted by Gasteiger charge is 2.37. The van der Waals surface area contributed by atoms with Gasteiger partial charge in [0.15, 0.2) is 0 Å². The molecule has 4 heteroatoms. The fourth-order valence-corrected chi connectivity index (χ4v) is 0.670. The number of nitrogens with zero attached hydrogens (tertiary/aromatic N) is 1. The van der Waals surface area contributed by atoms with Crippen LogP contribution < -0.4 is 0 Å². The minimum Gasteiger partial charge on any atom is -0.372 e. The van der Waals surface area contributed by atoms with Gasteiger partial charge in [0, 0.05) is 6.54 Å². The summed E-state index contributed by atoms with van der Waals surface area (Å²) in [7, 11) is 1.39. The van der Waals surface area contributed by atoms with Crippen LogP contribution in [0.3, 0.4) is 0 Å². The first kappa shape index (κ1) is 6.89. The Morgan fingerprint density at radius 3 is 2.56 bits per heavy atom. The third-order valence-corrected chi connectivity index (χ3v) is 1.41. The number of hydrogen-bond donors (Lipinski definition) is 0. The molecule has 0 bridgehead atoms. The van der Waals surface area contributed by atoms with E-state index in [2.05, 4.69) is 4.74 Å². The lowest BCUT2D eigenvalue weighted by atomic mass is 10.4. The van der Waals surface area contributed by atoms with Crippen molar-refractivity contribution in [1.82, 2.24) is 4.90 Å². The van der Waals surface area contributed by atoms with Gasteiger partial charge in [0.25, 0.3) is 0 Å². The van der Waals surface area contributed by atoms with Crippen molar-refractivity contribution in [2.75, 3.05) is 26.8 Å². The van der Waals surface area contributed by atoms with E-state index in [9.17, 15) is 8.78 Å². The maximum atomic E-state index is 12.4. The van der Waals surface area contributed by atoms with Crippen LogP contribution in [0.2, 0.25) is 0 Å². The number of likely N-dealkylation sites (N-methyl/N-ethyl adjacent to an activating group) is 1. The van der Waals surface area contributed by atoms with Gasteiger partial charge in [0.2, 0.25) is 0 Å². The Hall–Kier alpha value is -0.220. The molecule has 1 rings (SSSR count). The summed E-state index contributed by atoms with van der Waals surface area (Å²) in [5.41, 5.74) is 0. The van der Waals surface area contributed by atoms with E-state index in [1.807, 2.05) is 0 Å². The van der Waals surface area contributed by atoms with Gasteiger partial charge < -0.3 is 4.74 Å². The van der Waals surface area contributed by atoms with Crippen molar-refractivity contribution >= 4 is 0 Å². The summed E-state index contributed by atoms with van der Waals surface area (Å²) < 4.78 is 29.4. The van der Waals surface area contributed by atoms with Gasteiger partial charge in [-0.15, -0.1) is 0 Å².